The molecule has 1 aromatic carbocycles. The Balaban J connectivity index is 2.22. The Hall–Kier alpha value is -1.79. The maximum atomic E-state index is 5.77. The maximum Gasteiger partial charge on any atom is 0.225 e. The van der Waals surface area contributed by atoms with Gasteiger partial charge in [-0.25, -0.2) is 10.8 Å². The summed E-state index contributed by atoms with van der Waals surface area (Å²) >= 11 is 1.43. The molecular weight excluding hydrogens is 284 g/mol. The molecule has 0 unspecified atom stereocenters. The minimum absolute atomic E-state index is 0.121. The predicted octanol–water partition coefficient (Wildman–Crippen LogP) is 3.57. The average molecular weight is 304 g/mol. The minimum Gasteiger partial charge on any atom is -0.439 e. The molecule has 1 heterocycles. The first-order chi connectivity index (χ1) is 9.92. The lowest BCUT2D eigenvalue weighted by molar-refractivity contribution is 0.455. The summed E-state index contributed by atoms with van der Waals surface area (Å²) in [6.45, 7) is 6.53. The van der Waals surface area contributed by atoms with Gasteiger partial charge in [0.05, 0.1) is 0 Å². The third-order valence-electron chi connectivity index (χ3n) is 2.96. The summed E-state index contributed by atoms with van der Waals surface area (Å²) in [5, 5.41) is 0.603. The Kier molecular flexibility index (Phi) is 4.69. The van der Waals surface area contributed by atoms with Crippen LogP contribution in [0.4, 0.5) is 5.82 Å². The Morgan fingerprint density at radius 3 is 2.33 bits per heavy atom. The topological polar surface area (TPSA) is 73.1 Å². The van der Waals surface area contributed by atoms with Gasteiger partial charge >= 0.3 is 0 Å². The van der Waals surface area contributed by atoms with Crippen LogP contribution in [0, 0.1) is 0 Å². The number of nitrogen functional groups attached to an aromatic ring is 1. The number of nitrogens with zero attached hydrogens (tertiary/aromatic N) is 2. The van der Waals surface area contributed by atoms with Crippen molar-refractivity contribution >= 4 is 17.6 Å². The number of ether oxygens (including phenoxy) is 1. The molecule has 0 aliphatic carbocycles. The first kappa shape index (κ1) is 15.6. The van der Waals surface area contributed by atoms with Crippen molar-refractivity contribution in [1.29, 1.82) is 0 Å². The van der Waals surface area contributed by atoms with Gasteiger partial charge in [-0.1, -0.05) is 44.7 Å². The van der Waals surface area contributed by atoms with Crippen LogP contribution in [0.3, 0.4) is 0 Å². The zero-order valence-corrected chi connectivity index (χ0v) is 13.5. The van der Waals surface area contributed by atoms with E-state index >= 15 is 0 Å². The molecule has 2 rings (SSSR count). The zero-order valence-electron chi connectivity index (χ0n) is 12.7. The van der Waals surface area contributed by atoms with Gasteiger partial charge in [0.2, 0.25) is 5.88 Å². The second-order valence-electron chi connectivity index (χ2n) is 5.60. The van der Waals surface area contributed by atoms with E-state index in [1.165, 1.54) is 17.3 Å². The predicted molar refractivity (Wildman–Crippen MR) is 86.8 cm³/mol. The van der Waals surface area contributed by atoms with Gasteiger partial charge in [0.1, 0.15) is 11.6 Å². The van der Waals surface area contributed by atoms with E-state index in [1.54, 1.807) is 6.07 Å². The normalized spacial score (nSPS) is 11.3. The van der Waals surface area contributed by atoms with Crippen molar-refractivity contribution in [3.63, 3.8) is 0 Å². The number of nitrogens with two attached hydrogens (primary N) is 1. The Bertz CT molecular complexity index is 586. The summed E-state index contributed by atoms with van der Waals surface area (Å²) in [4.78, 5) is 8.49. The SMILES string of the molecule is CSc1nc(NN)cc(Oc2ccc(C(C)(C)C)cc2)n1. The standard InChI is InChI=1S/C15H20N4OS/c1-15(2,3)10-5-7-11(8-6-10)20-13-9-12(19-16)17-14(18-13)21-4/h5-9H,16H2,1-4H3,(H,17,18,19). The molecule has 112 valence electrons. The molecule has 6 heteroatoms. The van der Waals surface area contributed by atoms with Crippen LogP contribution in [0.15, 0.2) is 35.5 Å². The highest BCUT2D eigenvalue weighted by molar-refractivity contribution is 7.98. The van der Waals surface area contributed by atoms with Crippen molar-refractivity contribution in [3.8, 4) is 11.6 Å². The van der Waals surface area contributed by atoms with E-state index in [0.717, 1.165) is 5.75 Å². The van der Waals surface area contributed by atoms with Gasteiger partial charge in [-0.3, -0.25) is 0 Å². The number of anilines is 1. The van der Waals surface area contributed by atoms with E-state index in [-0.39, 0.29) is 5.41 Å². The van der Waals surface area contributed by atoms with Crippen molar-refractivity contribution in [2.24, 2.45) is 5.84 Å². The summed E-state index contributed by atoms with van der Waals surface area (Å²) in [5.41, 5.74) is 3.89. The third-order valence-corrected chi connectivity index (χ3v) is 3.50. The minimum atomic E-state index is 0.121. The number of nitrogens with one attached hydrogen (secondary N) is 1. The molecule has 0 saturated heterocycles. The fourth-order valence-corrected chi connectivity index (χ4v) is 2.14. The van der Waals surface area contributed by atoms with E-state index in [9.17, 15) is 0 Å². The maximum absolute atomic E-state index is 5.77. The van der Waals surface area contributed by atoms with Crippen molar-refractivity contribution in [1.82, 2.24) is 9.97 Å². The second kappa shape index (κ2) is 6.32. The molecule has 21 heavy (non-hydrogen) atoms. The van der Waals surface area contributed by atoms with Gasteiger partial charge in [-0.05, 0) is 29.4 Å². The van der Waals surface area contributed by atoms with Crippen molar-refractivity contribution in [2.45, 2.75) is 31.3 Å². The first-order valence-electron chi connectivity index (χ1n) is 6.60. The number of aromatic nitrogens is 2. The van der Waals surface area contributed by atoms with Crippen molar-refractivity contribution < 1.29 is 4.74 Å². The monoisotopic (exact) mass is 304 g/mol. The lowest BCUT2D eigenvalue weighted by Crippen LogP contribution is -2.10. The summed E-state index contributed by atoms with van der Waals surface area (Å²) < 4.78 is 5.77. The number of benzene rings is 1. The molecule has 0 radical (unpaired) electrons. The molecule has 1 aromatic heterocycles. The highest BCUT2D eigenvalue weighted by Crippen LogP contribution is 2.27. The molecule has 0 aliphatic rings. The molecule has 0 saturated carbocycles. The fraction of sp³-hybridized carbons (Fsp3) is 0.333. The van der Waals surface area contributed by atoms with Crippen molar-refractivity contribution in [3.05, 3.63) is 35.9 Å². The Morgan fingerprint density at radius 2 is 1.81 bits per heavy atom. The molecule has 0 aliphatic heterocycles. The molecule has 0 fully saturated rings. The Morgan fingerprint density at radius 1 is 1.14 bits per heavy atom. The van der Waals surface area contributed by atoms with Crippen LogP contribution in [0.1, 0.15) is 26.3 Å². The van der Waals surface area contributed by atoms with E-state index in [0.29, 0.717) is 16.9 Å². The first-order valence-corrected chi connectivity index (χ1v) is 7.83. The molecule has 0 amide bonds. The largest absolute Gasteiger partial charge is 0.439 e. The van der Waals surface area contributed by atoms with E-state index in [1.807, 2.05) is 18.4 Å². The van der Waals surface area contributed by atoms with E-state index in [4.69, 9.17) is 10.6 Å². The van der Waals surface area contributed by atoms with E-state index < -0.39 is 0 Å². The molecule has 3 N–H and O–H groups in total. The Labute approximate surface area is 129 Å². The zero-order chi connectivity index (χ0) is 15.5. The number of thioether (sulfide) groups is 1. The van der Waals surface area contributed by atoms with Crippen LogP contribution < -0.4 is 16.0 Å². The van der Waals surface area contributed by atoms with Gasteiger partial charge in [-0.15, -0.1) is 0 Å². The summed E-state index contributed by atoms with van der Waals surface area (Å²) in [5.74, 6) is 7.12. The summed E-state index contributed by atoms with van der Waals surface area (Å²) in [6, 6.07) is 9.67. The van der Waals surface area contributed by atoms with Crippen LogP contribution in [0.2, 0.25) is 0 Å². The lowest BCUT2D eigenvalue weighted by Gasteiger charge is -2.19. The average Bonchev–Trinajstić information content (AvgIpc) is 2.46. The number of hydrazine groups is 1. The smallest absolute Gasteiger partial charge is 0.225 e. The summed E-state index contributed by atoms with van der Waals surface area (Å²) in [7, 11) is 0. The highest BCUT2D eigenvalue weighted by atomic mass is 32.2. The molecule has 5 nitrogen and oxygen atoms in total. The molecule has 0 spiro atoms. The number of hydrogen-bond acceptors (Lipinski definition) is 6. The second-order valence-corrected chi connectivity index (χ2v) is 6.37. The number of rotatable bonds is 4. The summed E-state index contributed by atoms with van der Waals surface area (Å²) in [6.07, 6.45) is 1.90. The van der Waals surface area contributed by atoms with Crippen LogP contribution in [-0.4, -0.2) is 16.2 Å². The van der Waals surface area contributed by atoms with Crippen LogP contribution in [0.5, 0.6) is 11.6 Å². The lowest BCUT2D eigenvalue weighted by atomic mass is 9.87. The van der Waals surface area contributed by atoms with Gasteiger partial charge in [0.15, 0.2) is 5.16 Å². The molecular formula is C15H20N4OS. The van der Waals surface area contributed by atoms with Crippen LogP contribution >= 0.6 is 11.8 Å². The molecule has 0 atom stereocenters. The van der Waals surface area contributed by atoms with Crippen molar-refractivity contribution in [2.75, 3.05) is 11.7 Å². The van der Waals surface area contributed by atoms with E-state index in [2.05, 4.69) is 48.3 Å². The van der Waals surface area contributed by atoms with Gasteiger partial charge in [0, 0.05) is 6.07 Å². The fourth-order valence-electron chi connectivity index (χ4n) is 1.77. The quantitative estimate of drug-likeness (QED) is 0.389. The molecule has 0 bridgehead atoms. The third kappa shape index (κ3) is 4.09. The number of hydrogen-bond donors (Lipinski definition) is 2. The van der Waals surface area contributed by atoms with Gasteiger partial charge in [-0.2, -0.15) is 4.98 Å². The van der Waals surface area contributed by atoms with Gasteiger partial charge in [0.25, 0.3) is 0 Å². The highest BCUT2D eigenvalue weighted by Gasteiger charge is 2.13. The van der Waals surface area contributed by atoms with Crippen LogP contribution in [0.25, 0.3) is 0 Å². The molecule has 2 aromatic rings. The van der Waals surface area contributed by atoms with Gasteiger partial charge < -0.3 is 10.2 Å². The van der Waals surface area contributed by atoms with Crippen LogP contribution in [-0.2, 0) is 5.41 Å².